The van der Waals surface area contributed by atoms with Gasteiger partial charge in [-0.2, -0.15) is 0 Å². The molecule has 0 amide bonds. The smallest absolute Gasteiger partial charge is 0.0889 e. The van der Waals surface area contributed by atoms with Crippen LogP contribution in [0.5, 0.6) is 0 Å². The zero-order valence-electron chi connectivity index (χ0n) is 15.0. The van der Waals surface area contributed by atoms with Crippen molar-refractivity contribution in [2.45, 2.75) is 52.6 Å². The van der Waals surface area contributed by atoms with E-state index in [9.17, 15) is 4.21 Å². The van der Waals surface area contributed by atoms with Crippen LogP contribution >= 0.6 is 0 Å². The summed E-state index contributed by atoms with van der Waals surface area (Å²) in [5, 5.41) is 0. The second-order valence-corrected chi connectivity index (χ2v) is 8.18. The molecule has 1 saturated heterocycles. The van der Waals surface area contributed by atoms with Gasteiger partial charge in [-0.1, -0.05) is 44.5 Å². The highest BCUT2D eigenvalue weighted by Gasteiger charge is 2.22. The van der Waals surface area contributed by atoms with Crippen molar-refractivity contribution in [3.63, 3.8) is 0 Å². The molecule has 0 spiro atoms. The minimum Gasteiger partial charge on any atom is -0.299 e. The van der Waals surface area contributed by atoms with Crippen molar-refractivity contribution < 1.29 is 4.21 Å². The minimum atomic E-state index is -0.974. The average Bonchev–Trinajstić information content (AvgIpc) is 2.55. The lowest BCUT2D eigenvalue weighted by molar-refractivity contribution is 0.145. The van der Waals surface area contributed by atoms with Crippen LogP contribution in [0.25, 0.3) is 0 Å². The van der Waals surface area contributed by atoms with Gasteiger partial charge in [0.1, 0.15) is 0 Å². The van der Waals surface area contributed by atoms with E-state index in [1.807, 2.05) is 0 Å². The first-order valence-electron chi connectivity index (χ1n) is 8.90. The van der Waals surface area contributed by atoms with Crippen LogP contribution in [-0.2, 0) is 17.5 Å². The zero-order chi connectivity index (χ0) is 16.8. The molecule has 1 aromatic carbocycles. The molecule has 0 radical (unpaired) electrons. The van der Waals surface area contributed by atoms with E-state index in [2.05, 4.69) is 54.7 Å². The van der Waals surface area contributed by atoms with E-state index >= 15 is 0 Å². The first-order chi connectivity index (χ1) is 11.0. The number of piperidine rings is 1. The molecule has 0 saturated carbocycles. The SMILES string of the molecule is CCC(C)C1CCN(Cc2ccc([C@@H](C)NS(C)=O)cc2)CC1. The third-order valence-corrected chi connectivity index (χ3v) is 6.00. The Kier molecular flexibility index (Phi) is 7.25. The van der Waals surface area contributed by atoms with Crippen molar-refractivity contribution in [1.82, 2.24) is 9.62 Å². The molecule has 23 heavy (non-hydrogen) atoms. The highest BCUT2D eigenvalue weighted by molar-refractivity contribution is 7.82. The molecule has 3 atom stereocenters. The Labute approximate surface area is 144 Å². The Balaban J connectivity index is 1.84. The molecule has 130 valence electrons. The highest BCUT2D eigenvalue weighted by atomic mass is 32.2. The molecule has 1 aromatic rings. The van der Waals surface area contributed by atoms with Crippen molar-refractivity contribution in [2.24, 2.45) is 11.8 Å². The molecule has 1 aliphatic rings. The predicted molar refractivity (Wildman–Crippen MR) is 99.5 cm³/mol. The topological polar surface area (TPSA) is 32.3 Å². The first kappa shape index (κ1) is 18.6. The Morgan fingerprint density at radius 2 is 1.83 bits per heavy atom. The number of hydrogen-bond donors (Lipinski definition) is 1. The molecule has 0 aromatic heterocycles. The maximum absolute atomic E-state index is 11.2. The summed E-state index contributed by atoms with van der Waals surface area (Å²) in [7, 11) is -0.974. The van der Waals surface area contributed by atoms with Gasteiger partial charge in [0.25, 0.3) is 0 Å². The lowest BCUT2D eigenvalue weighted by Gasteiger charge is -2.34. The average molecular weight is 337 g/mol. The summed E-state index contributed by atoms with van der Waals surface area (Å²) in [5.41, 5.74) is 2.57. The van der Waals surface area contributed by atoms with E-state index in [1.165, 1.54) is 43.5 Å². The third-order valence-electron chi connectivity index (χ3n) is 5.31. The largest absolute Gasteiger partial charge is 0.299 e. The minimum absolute atomic E-state index is 0.126. The van der Waals surface area contributed by atoms with Gasteiger partial charge in [0.05, 0.1) is 11.0 Å². The number of likely N-dealkylation sites (tertiary alicyclic amines) is 1. The summed E-state index contributed by atoms with van der Waals surface area (Å²) in [6.45, 7) is 10.3. The summed E-state index contributed by atoms with van der Waals surface area (Å²) < 4.78 is 14.3. The van der Waals surface area contributed by atoms with Crippen LogP contribution in [0.2, 0.25) is 0 Å². The molecular formula is C19H32N2OS. The molecule has 1 heterocycles. The van der Waals surface area contributed by atoms with Crippen LogP contribution in [0, 0.1) is 11.8 Å². The molecule has 1 N–H and O–H groups in total. The molecule has 1 aliphatic heterocycles. The lowest BCUT2D eigenvalue weighted by atomic mass is 9.84. The molecular weight excluding hydrogens is 304 g/mol. The molecule has 4 heteroatoms. The number of nitrogens with zero attached hydrogens (tertiary/aromatic N) is 1. The Morgan fingerprint density at radius 3 is 2.35 bits per heavy atom. The fraction of sp³-hybridized carbons (Fsp3) is 0.684. The second-order valence-electron chi connectivity index (χ2n) is 7.03. The Bertz CT molecular complexity index is 495. The number of benzene rings is 1. The van der Waals surface area contributed by atoms with Crippen molar-refractivity contribution >= 4 is 11.0 Å². The first-order valence-corrected chi connectivity index (χ1v) is 10.5. The van der Waals surface area contributed by atoms with Gasteiger partial charge < -0.3 is 0 Å². The van der Waals surface area contributed by atoms with Gasteiger partial charge >= 0.3 is 0 Å². The van der Waals surface area contributed by atoms with Gasteiger partial charge in [0, 0.05) is 18.8 Å². The summed E-state index contributed by atoms with van der Waals surface area (Å²) in [6.07, 6.45) is 5.67. The van der Waals surface area contributed by atoms with Crippen LogP contribution in [0.1, 0.15) is 57.2 Å². The van der Waals surface area contributed by atoms with E-state index in [4.69, 9.17) is 0 Å². The van der Waals surface area contributed by atoms with Crippen LogP contribution in [0.4, 0.5) is 0 Å². The van der Waals surface area contributed by atoms with Crippen LogP contribution < -0.4 is 4.72 Å². The van der Waals surface area contributed by atoms with Gasteiger partial charge in [-0.3, -0.25) is 4.90 Å². The summed E-state index contributed by atoms with van der Waals surface area (Å²) in [5.74, 6) is 1.79. The fourth-order valence-corrected chi connectivity index (χ4v) is 4.13. The van der Waals surface area contributed by atoms with Gasteiger partial charge in [-0.05, 0) is 55.8 Å². The third kappa shape index (κ3) is 5.70. The zero-order valence-corrected chi connectivity index (χ0v) is 15.9. The van der Waals surface area contributed by atoms with E-state index < -0.39 is 11.0 Å². The summed E-state index contributed by atoms with van der Waals surface area (Å²) in [6, 6.07) is 8.87. The standard InChI is InChI=1S/C19H32N2OS/c1-5-15(2)18-10-12-21(13-11-18)14-17-6-8-19(9-7-17)16(3)20-23(4)22/h6-9,15-16,18,20H,5,10-14H2,1-4H3/t15?,16-,23?/m1/s1. The van der Waals surface area contributed by atoms with Gasteiger partial charge in [-0.25, -0.2) is 8.93 Å². The molecule has 1 fully saturated rings. The van der Waals surface area contributed by atoms with Crippen molar-refractivity contribution in [2.75, 3.05) is 19.3 Å². The van der Waals surface area contributed by atoms with Crippen molar-refractivity contribution in [3.8, 4) is 0 Å². The van der Waals surface area contributed by atoms with Crippen LogP contribution in [0.3, 0.4) is 0 Å². The molecule has 0 bridgehead atoms. The summed E-state index contributed by atoms with van der Waals surface area (Å²) >= 11 is 0. The molecule has 0 aliphatic carbocycles. The van der Waals surface area contributed by atoms with E-state index in [1.54, 1.807) is 6.26 Å². The predicted octanol–water partition coefficient (Wildman–Crippen LogP) is 3.89. The van der Waals surface area contributed by atoms with E-state index in [0.717, 1.165) is 18.4 Å². The van der Waals surface area contributed by atoms with Crippen LogP contribution in [-0.4, -0.2) is 28.5 Å². The number of rotatable bonds is 7. The number of nitrogens with one attached hydrogen (secondary N) is 1. The quantitative estimate of drug-likeness (QED) is 0.819. The highest BCUT2D eigenvalue weighted by Crippen LogP contribution is 2.27. The Morgan fingerprint density at radius 1 is 1.22 bits per heavy atom. The number of hydrogen-bond acceptors (Lipinski definition) is 2. The van der Waals surface area contributed by atoms with Gasteiger partial charge in [0.2, 0.25) is 0 Å². The maximum atomic E-state index is 11.2. The van der Waals surface area contributed by atoms with Crippen molar-refractivity contribution in [3.05, 3.63) is 35.4 Å². The molecule has 3 nitrogen and oxygen atoms in total. The lowest BCUT2D eigenvalue weighted by Crippen LogP contribution is -2.35. The maximum Gasteiger partial charge on any atom is 0.0889 e. The summed E-state index contributed by atoms with van der Waals surface area (Å²) in [4.78, 5) is 2.58. The monoisotopic (exact) mass is 336 g/mol. The second kappa shape index (κ2) is 8.95. The molecule has 2 rings (SSSR count). The fourth-order valence-electron chi connectivity index (χ4n) is 3.50. The van der Waals surface area contributed by atoms with E-state index in [0.29, 0.717) is 0 Å². The van der Waals surface area contributed by atoms with Gasteiger partial charge in [-0.15, -0.1) is 0 Å². The van der Waals surface area contributed by atoms with E-state index in [-0.39, 0.29) is 6.04 Å². The van der Waals surface area contributed by atoms with Gasteiger partial charge in [0.15, 0.2) is 0 Å². The van der Waals surface area contributed by atoms with Crippen LogP contribution in [0.15, 0.2) is 24.3 Å². The Hall–Kier alpha value is -0.710. The molecule has 2 unspecified atom stereocenters. The van der Waals surface area contributed by atoms with Crippen molar-refractivity contribution in [1.29, 1.82) is 0 Å². The normalized spacial score (nSPS) is 21.0.